The minimum absolute atomic E-state index is 0.0741. The Morgan fingerprint density at radius 2 is 0.510 bits per heavy atom. The largest absolute Gasteiger partial charge is 0.472 e. The zero-order chi connectivity index (χ0) is 74.6. The van der Waals surface area contributed by atoms with Crippen LogP contribution in [0.15, 0.2) is 109 Å². The number of aliphatic hydroxyl groups excluding tert-OH is 1. The summed E-state index contributed by atoms with van der Waals surface area (Å²) < 4.78 is 68.6. The van der Waals surface area contributed by atoms with Crippen molar-refractivity contribution in [2.45, 2.75) is 354 Å². The number of carbonyl (C=O) groups excluding carboxylic acids is 4. The van der Waals surface area contributed by atoms with Gasteiger partial charge in [-0.05, 0) is 128 Å². The van der Waals surface area contributed by atoms with Crippen LogP contribution in [0, 0.1) is 0 Å². The van der Waals surface area contributed by atoms with E-state index in [4.69, 9.17) is 37.0 Å². The van der Waals surface area contributed by atoms with Gasteiger partial charge in [0.1, 0.15) is 19.3 Å². The number of ether oxygens (including phenoxy) is 4. The fraction of sp³-hybridized carbons (Fsp3) is 0.735. The quantitative estimate of drug-likeness (QED) is 0.0169. The maximum Gasteiger partial charge on any atom is 0.472 e. The van der Waals surface area contributed by atoms with E-state index in [9.17, 15) is 43.2 Å². The van der Waals surface area contributed by atoms with Gasteiger partial charge in [0.05, 0.1) is 26.4 Å². The average Bonchev–Trinajstić information content (AvgIpc) is 0.940. The maximum absolute atomic E-state index is 13.1. The van der Waals surface area contributed by atoms with Crippen molar-refractivity contribution in [2.24, 2.45) is 0 Å². The molecule has 3 N–H and O–H groups in total. The van der Waals surface area contributed by atoms with Gasteiger partial charge >= 0.3 is 39.5 Å². The Labute approximate surface area is 619 Å². The third-order valence-electron chi connectivity index (χ3n) is 16.7. The van der Waals surface area contributed by atoms with Gasteiger partial charge in [-0.1, -0.05) is 291 Å². The molecule has 0 aromatic rings. The molecule has 0 aliphatic heterocycles. The van der Waals surface area contributed by atoms with Crippen LogP contribution in [-0.4, -0.2) is 96.7 Å². The maximum atomic E-state index is 13.1. The highest BCUT2D eigenvalue weighted by Gasteiger charge is 2.30. The van der Waals surface area contributed by atoms with Crippen molar-refractivity contribution in [3.05, 3.63) is 109 Å². The molecule has 588 valence electrons. The number of allylic oxidation sites excluding steroid dienone is 18. The van der Waals surface area contributed by atoms with Crippen molar-refractivity contribution in [3.8, 4) is 0 Å². The summed E-state index contributed by atoms with van der Waals surface area (Å²) in [6, 6.07) is 0. The Kier molecular flexibility index (Phi) is 71.8. The molecule has 17 nitrogen and oxygen atoms in total. The van der Waals surface area contributed by atoms with Gasteiger partial charge in [0.15, 0.2) is 12.2 Å². The molecular weight excluding hydrogens is 1330 g/mol. The van der Waals surface area contributed by atoms with Gasteiger partial charge in [0, 0.05) is 25.7 Å². The summed E-state index contributed by atoms with van der Waals surface area (Å²) in [5, 5.41) is 10.6. The molecule has 5 unspecified atom stereocenters. The molecule has 102 heavy (non-hydrogen) atoms. The van der Waals surface area contributed by atoms with E-state index in [-0.39, 0.29) is 25.7 Å². The lowest BCUT2D eigenvalue weighted by Gasteiger charge is -2.21. The summed E-state index contributed by atoms with van der Waals surface area (Å²) in [6.45, 7) is 4.62. The summed E-state index contributed by atoms with van der Waals surface area (Å²) in [7, 11) is -9.96. The fourth-order valence-corrected chi connectivity index (χ4v) is 12.2. The number of phosphoric ester groups is 2. The molecule has 19 heteroatoms. The molecule has 0 saturated carbocycles. The van der Waals surface area contributed by atoms with Gasteiger partial charge < -0.3 is 33.8 Å². The van der Waals surface area contributed by atoms with Crippen LogP contribution >= 0.6 is 15.6 Å². The number of hydrogen-bond donors (Lipinski definition) is 3. The van der Waals surface area contributed by atoms with E-state index >= 15 is 0 Å². The van der Waals surface area contributed by atoms with Crippen LogP contribution in [0.3, 0.4) is 0 Å². The van der Waals surface area contributed by atoms with Crippen molar-refractivity contribution >= 4 is 39.5 Å². The molecule has 0 fully saturated rings. The minimum atomic E-state index is -4.99. The smallest absolute Gasteiger partial charge is 0.462 e. The number of rotatable bonds is 75. The number of carbonyl (C=O) groups is 4. The predicted molar refractivity (Wildman–Crippen MR) is 418 cm³/mol. The van der Waals surface area contributed by atoms with E-state index in [1.165, 1.54) is 64.2 Å². The Balaban J connectivity index is 5.35. The summed E-state index contributed by atoms with van der Waals surface area (Å²) in [5.74, 6) is -2.20. The molecule has 0 rings (SSSR count). The average molecular weight is 1480 g/mol. The topological polar surface area (TPSA) is 237 Å². The number of esters is 4. The van der Waals surface area contributed by atoms with E-state index in [1.807, 2.05) is 0 Å². The van der Waals surface area contributed by atoms with E-state index in [0.29, 0.717) is 25.7 Å². The van der Waals surface area contributed by atoms with Crippen molar-refractivity contribution in [2.75, 3.05) is 39.6 Å². The lowest BCUT2D eigenvalue weighted by Crippen LogP contribution is -2.30. The molecule has 0 aromatic carbocycles. The first-order valence-electron chi connectivity index (χ1n) is 40.1. The Hall–Kier alpha value is -4.28. The second kappa shape index (κ2) is 75.0. The number of aliphatic hydroxyl groups is 1. The van der Waals surface area contributed by atoms with Gasteiger partial charge in [0.2, 0.25) is 0 Å². The molecule has 0 bridgehead atoms. The van der Waals surface area contributed by atoms with Gasteiger partial charge in [0.25, 0.3) is 0 Å². The molecule has 0 heterocycles. The standard InChI is InChI=1S/C83H144O17P2/c1-5-9-13-17-21-25-29-32-34-36-38-40-42-45-49-52-56-60-64-68-81(86)94-74-79(100-83(88)70-66-62-58-54-50-46-43-41-39-37-35-33-30-26-22-18-14-10-6-2)76-98-102(91,92)96-72-77(84)71-95-101(89,90)97-75-78(99-82(87)69-65-61-57-53-47-28-24-20-16-12-8-4)73-93-80(85)67-63-59-55-51-48-44-31-27-23-19-15-11-7-3/h9-10,13-14,21-22,25-27,31-35,38-41,77-79,84H,5-8,11-12,15-20,23-24,28-30,36-37,42-76H2,1-4H3,(H,89,90)(H,91,92)/b13-9-,14-10-,25-21-,26-22-,31-27-,34-32-,35-33-,40-38-,41-39-. The highest BCUT2D eigenvalue weighted by atomic mass is 31.2. The second-order valence-electron chi connectivity index (χ2n) is 26.6. The Bertz CT molecular complexity index is 2360. The zero-order valence-electron chi connectivity index (χ0n) is 64.3. The van der Waals surface area contributed by atoms with Crippen molar-refractivity contribution in [3.63, 3.8) is 0 Å². The van der Waals surface area contributed by atoms with Crippen molar-refractivity contribution in [1.29, 1.82) is 0 Å². The molecular formula is C83H144O17P2. The predicted octanol–water partition coefficient (Wildman–Crippen LogP) is 23.3. The van der Waals surface area contributed by atoms with Crippen LogP contribution in [0.2, 0.25) is 0 Å². The normalized spacial score (nSPS) is 14.5. The molecule has 0 amide bonds. The lowest BCUT2D eigenvalue weighted by atomic mass is 10.1. The third kappa shape index (κ3) is 74.0. The molecule has 5 atom stereocenters. The Morgan fingerprint density at radius 1 is 0.284 bits per heavy atom. The van der Waals surface area contributed by atoms with E-state index < -0.39 is 97.5 Å². The van der Waals surface area contributed by atoms with Gasteiger partial charge in [-0.3, -0.25) is 37.3 Å². The van der Waals surface area contributed by atoms with Crippen LogP contribution in [0.5, 0.6) is 0 Å². The van der Waals surface area contributed by atoms with Crippen LogP contribution in [0.4, 0.5) is 0 Å². The van der Waals surface area contributed by atoms with E-state index in [2.05, 4.69) is 137 Å². The number of hydrogen-bond acceptors (Lipinski definition) is 15. The van der Waals surface area contributed by atoms with Crippen LogP contribution in [-0.2, 0) is 65.4 Å². The number of unbranched alkanes of at least 4 members (excludes halogenated alkanes) is 31. The van der Waals surface area contributed by atoms with Gasteiger partial charge in [-0.2, -0.15) is 0 Å². The summed E-state index contributed by atoms with van der Waals surface area (Å²) in [4.78, 5) is 73.0. The first-order chi connectivity index (χ1) is 49.7. The summed E-state index contributed by atoms with van der Waals surface area (Å²) >= 11 is 0. The first kappa shape index (κ1) is 97.7. The SMILES string of the molecule is CC/C=C\C/C=C\C/C=C\C/C=C\CCCCCCCCC(=O)OCC(COP(=O)(O)OCC(O)COP(=O)(O)OCC(COC(=O)CCCCCCC/C=C\CCCCCC)OC(=O)CCCCCCCCCCCCC)OC(=O)CCCCCCCC/C=C\C/C=C\C/C=C\C/C=C\CC. The first-order valence-corrected chi connectivity index (χ1v) is 43.1. The van der Waals surface area contributed by atoms with Crippen LogP contribution in [0.1, 0.15) is 336 Å². The Morgan fingerprint density at radius 3 is 0.804 bits per heavy atom. The lowest BCUT2D eigenvalue weighted by molar-refractivity contribution is -0.161. The van der Waals surface area contributed by atoms with Crippen LogP contribution < -0.4 is 0 Å². The molecule has 0 saturated heterocycles. The zero-order valence-corrected chi connectivity index (χ0v) is 66.0. The third-order valence-corrected chi connectivity index (χ3v) is 18.6. The van der Waals surface area contributed by atoms with E-state index in [0.717, 1.165) is 193 Å². The van der Waals surface area contributed by atoms with E-state index in [1.54, 1.807) is 0 Å². The van der Waals surface area contributed by atoms with Gasteiger partial charge in [-0.25, -0.2) is 9.13 Å². The van der Waals surface area contributed by atoms with Crippen molar-refractivity contribution in [1.82, 2.24) is 0 Å². The highest BCUT2D eigenvalue weighted by molar-refractivity contribution is 7.47. The highest BCUT2D eigenvalue weighted by Crippen LogP contribution is 2.45. The molecule has 0 radical (unpaired) electrons. The minimum Gasteiger partial charge on any atom is -0.462 e. The monoisotopic (exact) mass is 1470 g/mol. The molecule has 0 aliphatic rings. The fourth-order valence-electron chi connectivity index (χ4n) is 10.7. The van der Waals surface area contributed by atoms with Crippen molar-refractivity contribution < 1.29 is 80.2 Å². The molecule has 0 aromatic heterocycles. The summed E-state index contributed by atoms with van der Waals surface area (Å²) in [6.07, 6.45) is 80.6. The number of phosphoric acid groups is 2. The molecule has 0 aliphatic carbocycles. The second-order valence-corrected chi connectivity index (χ2v) is 29.5. The van der Waals surface area contributed by atoms with Gasteiger partial charge in [-0.15, -0.1) is 0 Å². The summed E-state index contributed by atoms with van der Waals surface area (Å²) in [5.41, 5.74) is 0. The molecule has 0 spiro atoms. The van der Waals surface area contributed by atoms with Crippen LogP contribution in [0.25, 0.3) is 0 Å².